The van der Waals surface area contributed by atoms with Crippen molar-refractivity contribution in [3.05, 3.63) is 41.5 Å². The maximum atomic E-state index is 10.8. The average Bonchev–Trinajstić information content (AvgIpc) is 2.62. The summed E-state index contributed by atoms with van der Waals surface area (Å²) in [6.45, 7) is 2.01. The molecule has 0 saturated carbocycles. The second-order valence-electron chi connectivity index (χ2n) is 6.54. The van der Waals surface area contributed by atoms with E-state index in [1.165, 1.54) is 38.2 Å². The van der Waals surface area contributed by atoms with E-state index in [0.717, 1.165) is 31.4 Å². The monoisotopic (exact) mass is 330 g/mol. The molecule has 1 aromatic rings. The molecule has 0 aromatic heterocycles. The highest BCUT2D eigenvalue weighted by Gasteiger charge is 2.18. The van der Waals surface area contributed by atoms with Crippen molar-refractivity contribution >= 4 is 5.97 Å². The van der Waals surface area contributed by atoms with Crippen molar-refractivity contribution < 1.29 is 14.3 Å². The third-order valence-electron chi connectivity index (χ3n) is 4.73. The fourth-order valence-corrected chi connectivity index (χ4v) is 3.43. The molecular weight excluding hydrogens is 300 g/mol. The quantitative estimate of drug-likeness (QED) is 0.345. The summed E-state index contributed by atoms with van der Waals surface area (Å²) in [6.07, 6.45) is 11.9. The predicted molar refractivity (Wildman–Crippen MR) is 97.4 cm³/mol. The molecule has 1 atom stereocenters. The molecule has 0 bridgehead atoms. The van der Waals surface area contributed by atoms with Gasteiger partial charge in [-0.3, -0.25) is 4.79 Å². The first-order valence-corrected chi connectivity index (χ1v) is 9.17. The number of rotatable bonds is 9. The number of ether oxygens (including phenoxy) is 2. The molecule has 3 nitrogen and oxygen atoms in total. The molecule has 0 heterocycles. The molecule has 0 amide bonds. The highest BCUT2D eigenvalue weighted by molar-refractivity contribution is 5.65. The summed E-state index contributed by atoms with van der Waals surface area (Å²) in [6, 6.07) is 8.54. The Kier molecular flexibility index (Phi) is 7.87. The van der Waals surface area contributed by atoms with E-state index in [1.54, 1.807) is 12.7 Å². The van der Waals surface area contributed by atoms with Crippen LogP contribution in [-0.4, -0.2) is 19.7 Å². The zero-order chi connectivity index (χ0) is 17.2. The number of carbonyl (C=O) groups is 1. The number of hydrogen-bond acceptors (Lipinski definition) is 3. The normalized spacial score (nSPS) is 15.5. The molecule has 1 aromatic carbocycles. The zero-order valence-corrected chi connectivity index (χ0v) is 15.1. The van der Waals surface area contributed by atoms with Crippen LogP contribution in [0.15, 0.2) is 35.9 Å². The molecule has 132 valence electrons. The Hall–Kier alpha value is -1.77. The van der Waals surface area contributed by atoms with Gasteiger partial charge in [-0.25, -0.2) is 0 Å². The molecule has 0 radical (unpaired) electrons. The van der Waals surface area contributed by atoms with Crippen molar-refractivity contribution in [1.82, 2.24) is 0 Å². The summed E-state index contributed by atoms with van der Waals surface area (Å²) in [4.78, 5) is 10.8. The van der Waals surface area contributed by atoms with E-state index in [0.29, 0.717) is 12.5 Å². The summed E-state index contributed by atoms with van der Waals surface area (Å²) in [5.41, 5.74) is 3.00. The van der Waals surface area contributed by atoms with Crippen molar-refractivity contribution in [1.29, 1.82) is 0 Å². The third-order valence-corrected chi connectivity index (χ3v) is 4.73. The number of unbranched alkanes of at least 4 members (excludes halogenated alkanes) is 2. The predicted octanol–water partition coefficient (Wildman–Crippen LogP) is 5.40. The molecule has 24 heavy (non-hydrogen) atoms. The standard InChI is InChI=1S/C21H30O3/c1-17(22)24-16-8-4-7-11-21(18-9-5-3-6-10-18)19-12-14-20(23-2)15-13-19/h9,12-15,21H,3-8,10-11,16H2,1-2H3. The van der Waals surface area contributed by atoms with Gasteiger partial charge >= 0.3 is 5.97 Å². The Bertz CT molecular complexity index is 531. The summed E-state index contributed by atoms with van der Waals surface area (Å²) in [5.74, 6) is 1.25. The SMILES string of the molecule is COc1ccc(C(CCCCCOC(C)=O)C2=CCCCC2)cc1. The van der Waals surface area contributed by atoms with Gasteiger partial charge < -0.3 is 9.47 Å². The lowest BCUT2D eigenvalue weighted by molar-refractivity contribution is -0.141. The van der Waals surface area contributed by atoms with Gasteiger partial charge in [-0.15, -0.1) is 0 Å². The first-order valence-electron chi connectivity index (χ1n) is 9.17. The van der Waals surface area contributed by atoms with Gasteiger partial charge in [0.15, 0.2) is 0 Å². The molecule has 0 N–H and O–H groups in total. The summed E-state index contributed by atoms with van der Waals surface area (Å²) >= 11 is 0. The topological polar surface area (TPSA) is 35.5 Å². The Morgan fingerprint density at radius 3 is 2.54 bits per heavy atom. The lowest BCUT2D eigenvalue weighted by atomic mass is 9.81. The summed E-state index contributed by atoms with van der Waals surface area (Å²) < 4.78 is 10.3. The Morgan fingerprint density at radius 1 is 1.12 bits per heavy atom. The molecule has 0 fully saturated rings. The van der Waals surface area contributed by atoms with Gasteiger partial charge in [0.05, 0.1) is 13.7 Å². The fourth-order valence-electron chi connectivity index (χ4n) is 3.43. The molecule has 1 aliphatic carbocycles. The van der Waals surface area contributed by atoms with Crippen LogP contribution in [0.25, 0.3) is 0 Å². The second-order valence-corrected chi connectivity index (χ2v) is 6.54. The van der Waals surface area contributed by atoms with Crippen LogP contribution < -0.4 is 4.74 Å². The van der Waals surface area contributed by atoms with Crippen LogP contribution in [0.3, 0.4) is 0 Å². The van der Waals surface area contributed by atoms with Gasteiger partial charge in [0.25, 0.3) is 0 Å². The Labute approximate surface area is 146 Å². The minimum absolute atomic E-state index is 0.182. The number of esters is 1. The molecule has 1 aliphatic rings. The molecule has 0 spiro atoms. The largest absolute Gasteiger partial charge is 0.497 e. The van der Waals surface area contributed by atoms with Gasteiger partial charge in [-0.2, -0.15) is 0 Å². The number of methoxy groups -OCH3 is 1. The van der Waals surface area contributed by atoms with E-state index in [-0.39, 0.29) is 5.97 Å². The molecular formula is C21H30O3. The first kappa shape index (κ1) is 18.6. The second kappa shape index (κ2) is 10.2. The third kappa shape index (κ3) is 6.03. The van der Waals surface area contributed by atoms with Crippen LogP contribution in [0.4, 0.5) is 0 Å². The summed E-state index contributed by atoms with van der Waals surface area (Å²) in [5, 5.41) is 0. The number of hydrogen-bond donors (Lipinski definition) is 0. The maximum absolute atomic E-state index is 10.8. The molecule has 2 rings (SSSR count). The van der Waals surface area contributed by atoms with Gasteiger partial charge in [-0.1, -0.05) is 36.6 Å². The minimum Gasteiger partial charge on any atom is -0.497 e. The van der Waals surface area contributed by atoms with Gasteiger partial charge in [0.2, 0.25) is 0 Å². The fraction of sp³-hybridized carbons (Fsp3) is 0.571. The van der Waals surface area contributed by atoms with E-state index in [2.05, 4.69) is 30.3 Å². The van der Waals surface area contributed by atoms with Crippen molar-refractivity contribution in [3.8, 4) is 5.75 Å². The minimum atomic E-state index is -0.182. The summed E-state index contributed by atoms with van der Waals surface area (Å²) in [7, 11) is 1.71. The van der Waals surface area contributed by atoms with E-state index in [4.69, 9.17) is 9.47 Å². The number of allylic oxidation sites excluding steroid dienone is 2. The van der Waals surface area contributed by atoms with E-state index in [1.807, 2.05) is 0 Å². The molecule has 0 saturated heterocycles. The van der Waals surface area contributed by atoms with E-state index < -0.39 is 0 Å². The van der Waals surface area contributed by atoms with Crippen molar-refractivity contribution in [3.63, 3.8) is 0 Å². The van der Waals surface area contributed by atoms with Crippen molar-refractivity contribution in [2.75, 3.05) is 13.7 Å². The Morgan fingerprint density at radius 2 is 1.92 bits per heavy atom. The van der Waals surface area contributed by atoms with Crippen LogP contribution in [-0.2, 0) is 9.53 Å². The molecule has 3 heteroatoms. The number of benzene rings is 1. The van der Waals surface area contributed by atoms with Crippen LogP contribution in [0.2, 0.25) is 0 Å². The lowest BCUT2D eigenvalue weighted by Gasteiger charge is -2.24. The van der Waals surface area contributed by atoms with Gasteiger partial charge in [0, 0.05) is 12.8 Å². The average molecular weight is 330 g/mol. The molecule has 1 unspecified atom stereocenters. The van der Waals surface area contributed by atoms with Crippen molar-refractivity contribution in [2.24, 2.45) is 0 Å². The zero-order valence-electron chi connectivity index (χ0n) is 15.1. The highest BCUT2D eigenvalue weighted by atomic mass is 16.5. The first-order chi connectivity index (χ1) is 11.7. The van der Waals surface area contributed by atoms with Gasteiger partial charge in [-0.05, 0) is 56.2 Å². The smallest absolute Gasteiger partial charge is 0.302 e. The van der Waals surface area contributed by atoms with Crippen LogP contribution >= 0.6 is 0 Å². The van der Waals surface area contributed by atoms with Crippen LogP contribution in [0, 0.1) is 0 Å². The number of carbonyl (C=O) groups excluding carboxylic acids is 1. The molecule has 0 aliphatic heterocycles. The maximum Gasteiger partial charge on any atom is 0.302 e. The highest BCUT2D eigenvalue weighted by Crippen LogP contribution is 2.36. The van der Waals surface area contributed by atoms with Gasteiger partial charge in [0.1, 0.15) is 5.75 Å². The van der Waals surface area contributed by atoms with Crippen LogP contribution in [0.5, 0.6) is 5.75 Å². The lowest BCUT2D eigenvalue weighted by Crippen LogP contribution is -2.07. The Balaban J connectivity index is 1.92. The van der Waals surface area contributed by atoms with Crippen molar-refractivity contribution in [2.45, 2.75) is 64.2 Å². The van der Waals surface area contributed by atoms with Crippen LogP contribution in [0.1, 0.15) is 69.8 Å². The van der Waals surface area contributed by atoms with E-state index in [9.17, 15) is 4.79 Å². The van der Waals surface area contributed by atoms with E-state index >= 15 is 0 Å².